The van der Waals surface area contributed by atoms with Crippen LogP contribution in [0.25, 0.3) is 0 Å². The molecule has 0 saturated carbocycles. The van der Waals surface area contributed by atoms with Gasteiger partial charge in [-0.3, -0.25) is 4.79 Å². The molecule has 3 rings (SSSR count). The highest BCUT2D eigenvalue weighted by Crippen LogP contribution is 2.34. The van der Waals surface area contributed by atoms with Crippen LogP contribution in [0.15, 0.2) is 30.3 Å². The Balaban J connectivity index is 1.94. The Morgan fingerprint density at radius 3 is 2.52 bits per heavy atom. The minimum absolute atomic E-state index is 0.0580. The number of hydrogen-bond donors (Lipinski definition) is 0. The summed E-state index contributed by atoms with van der Waals surface area (Å²) in [7, 11) is 0. The first kappa shape index (κ1) is 17.7. The van der Waals surface area contributed by atoms with Crippen molar-refractivity contribution in [3.05, 3.63) is 63.7 Å². The van der Waals surface area contributed by atoms with E-state index in [2.05, 4.69) is 0 Å². The minimum atomic E-state index is -4.55. The van der Waals surface area contributed by atoms with E-state index in [-0.39, 0.29) is 18.9 Å². The summed E-state index contributed by atoms with van der Waals surface area (Å²) in [5, 5.41) is 0. The zero-order chi connectivity index (χ0) is 18.4. The van der Waals surface area contributed by atoms with Crippen molar-refractivity contribution in [2.45, 2.75) is 39.9 Å². The number of aryl methyl sites for hydroxylation is 2. The van der Waals surface area contributed by atoms with Gasteiger partial charge in [-0.1, -0.05) is 25.0 Å². The summed E-state index contributed by atoms with van der Waals surface area (Å²) >= 11 is 0. The lowest BCUT2D eigenvalue weighted by Crippen LogP contribution is -2.25. The molecular formula is C19H18BF3O2. The van der Waals surface area contributed by atoms with E-state index in [4.69, 9.17) is 4.65 Å². The number of carbonyl (C=O) groups excluding carboxylic acids is 1. The molecule has 6 heteroatoms. The van der Waals surface area contributed by atoms with Gasteiger partial charge in [0.05, 0.1) is 12.2 Å². The van der Waals surface area contributed by atoms with Gasteiger partial charge in [0.2, 0.25) is 0 Å². The number of halogens is 3. The molecule has 0 radical (unpaired) electrons. The SMILES string of the molecule is CB1OCc2ccc(CC(=O)c3cc(C)c(C)cc3C(F)(F)F)cc21. The molecule has 0 saturated heterocycles. The molecule has 0 spiro atoms. The summed E-state index contributed by atoms with van der Waals surface area (Å²) in [6, 6.07) is 7.93. The fraction of sp³-hybridized carbons (Fsp3) is 0.316. The largest absolute Gasteiger partial charge is 0.427 e. The van der Waals surface area contributed by atoms with E-state index in [0.29, 0.717) is 23.3 Å². The summed E-state index contributed by atoms with van der Waals surface area (Å²) in [5.74, 6) is -0.526. The van der Waals surface area contributed by atoms with Gasteiger partial charge in [-0.2, -0.15) is 13.2 Å². The summed E-state index contributed by atoms with van der Waals surface area (Å²) in [4.78, 5) is 12.6. The number of ketones is 1. The van der Waals surface area contributed by atoms with Gasteiger partial charge in [-0.15, -0.1) is 0 Å². The van der Waals surface area contributed by atoms with E-state index in [0.717, 1.165) is 17.1 Å². The number of carbonyl (C=O) groups is 1. The van der Waals surface area contributed by atoms with Crippen LogP contribution in [0.3, 0.4) is 0 Å². The van der Waals surface area contributed by atoms with Crippen molar-refractivity contribution in [3.63, 3.8) is 0 Å². The Hall–Kier alpha value is -2.08. The van der Waals surface area contributed by atoms with Crippen LogP contribution in [-0.4, -0.2) is 12.7 Å². The van der Waals surface area contributed by atoms with Gasteiger partial charge in [0.1, 0.15) is 0 Å². The van der Waals surface area contributed by atoms with Crippen LogP contribution in [-0.2, 0) is 23.9 Å². The highest BCUT2D eigenvalue weighted by Gasteiger charge is 2.35. The summed E-state index contributed by atoms with van der Waals surface area (Å²) in [5.41, 5.74) is 2.83. The Labute approximate surface area is 145 Å². The number of benzene rings is 2. The van der Waals surface area contributed by atoms with Gasteiger partial charge in [0.15, 0.2) is 5.78 Å². The smallest absolute Gasteiger partial charge is 0.417 e. The van der Waals surface area contributed by atoms with E-state index >= 15 is 0 Å². The van der Waals surface area contributed by atoms with Crippen LogP contribution in [0, 0.1) is 13.8 Å². The van der Waals surface area contributed by atoms with Gasteiger partial charge in [-0.05, 0) is 53.7 Å². The molecule has 0 N–H and O–H groups in total. The second-order valence-electron chi connectivity index (χ2n) is 6.57. The molecule has 2 aromatic rings. The van der Waals surface area contributed by atoms with Gasteiger partial charge in [-0.25, -0.2) is 0 Å². The number of hydrogen-bond acceptors (Lipinski definition) is 2. The minimum Gasteiger partial charge on any atom is -0.427 e. The molecule has 1 heterocycles. The average Bonchev–Trinajstić information content (AvgIpc) is 2.89. The number of rotatable bonds is 3. The third-order valence-corrected chi connectivity index (χ3v) is 4.74. The maximum atomic E-state index is 13.3. The van der Waals surface area contributed by atoms with E-state index in [1.54, 1.807) is 19.9 Å². The van der Waals surface area contributed by atoms with Crippen molar-refractivity contribution in [2.24, 2.45) is 0 Å². The molecule has 0 bridgehead atoms. The lowest BCUT2D eigenvalue weighted by molar-refractivity contribution is -0.138. The first-order chi connectivity index (χ1) is 11.7. The summed E-state index contributed by atoms with van der Waals surface area (Å²) < 4.78 is 45.5. The Bertz CT molecular complexity index is 843. The molecule has 0 aromatic heterocycles. The lowest BCUT2D eigenvalue weighted by atomic mass is 9.64. The van der Waals surface area contributed by atoms with Crippen LogP contribution in [0.2, 0.25) is 6.82 Å². The second kappa shape index (κ2) is 6.34. The van der Waals surface area contributed by atoms with Crippen LogP contribution in [0.4, 0.5) is 13.2 Å². The molecule has 0 fully saturated rings. The van der Waals surface area contributed by atoms with Gasteiger partial charge in [0.25, 0.3) is 0 Å². The van der Waals surface area contributed by atoms with Crippen molar-refractivity contribution in [1.29, 1.82) is 0 Å². The zero-order valence-electron chi connectivity index (χ0n) is 14.3. The molecule has 2 aromatic carbocycles. The number of Topliss-reactive ketones (excluding diaryl/α,β-unsaturated/α-hetero) is 1. The normalized spacial score (nSPS) is 13.9. The standard InChI is InChI=1S/C19H18BF3O2/c1-11-6-15(16(7-12(11)2)19(21,22)23)18(24)9-13-4-5-14-10-25-20(3)17(14)8-13/h4-8H,9-10H2,1-3H3. The van der Waals surface area contributed by atoms with E-state index in [1.165, 1.54) is 6.07 Å². The highest BCUT2D eigenvalue weighted by atomic mass is 19.4. The van der Waals surface area contributed by atoms with E-state index < -0.39 is 17.5 Å². The molecule has 1 aliphatic rings. The van der Waals surface area contributed by atoms with Crippen molar-refractivity contribution in [2.75, 3.05) is 0 Å². The number of fused-ring (bicyclic) bond motifs is 1. The van der Waals surface area contributed by atoms with Crippen LogP contribution in [0.5, 0.6) is 0 Å². The van der Waals surface area contributed by atoms with Gasteiger partial charge >= 0.3 is 13.1 Å². The third-order valence-electron chi connectivity index (χ3n) is 4.74. The maximum absolute atomic E-state index is 13.3. The molecule has 0 atom stereocenters. The van der Waals surface area contributed by atoms with Gasteiger partial charge in [0, 0.05) is 12.0 Å². The molecule has 0 unspecified atom stereocenters. The first-order valence-electron chi connectivity index (χ1n) is 8.11. The Morgan fingerprint density at radius 2 is 1.84 bits per heavy atom. The molecule has 2 nitrogen and oxygen atoms in total. The Kier molecular flexibility index (Phi) is 4.50. The summed E-state index contributed by atoms with van der Waals surface area (Å²) in [6.07, 6.45) is -4.62. The number of alkyl halides is 3. The van der Waals surface area contributed by atoms with Crippen molar-refractivity contribution >= 4 is 18.2 Å². The lowest BCUT2D eigenvalue weighted by Gasteiger charge is -2.15. The Morgan fingerprint density at radius 1 is 1.16 bits per heavy atom. The highest BCUT2D eigenvalue weighted by molar-refractivity contribution is 6.67. The first-order valence-corrected chi connectivity index (χ1v) is 8.11. The third kappa shape index (κ3) is 3.49. The van der Waals surface area contributed by atoms with Crippen molar-refractivity contribution in [3.8, 4) is 0 Å². The zero-order valence-corrected chi connectivity index (χ0v) is 14.3. The fourth-order valence-corrected chi connectivity index (χ4v) is 3.13. The molecule has 25 heavy (non-hydrogen) atoms. The van der Waals surface area contributed by atoms with Gasteiger partial charge < -0.3 is 4.65 Å². The maximum Gasteiger partial charge on any atom is 0.417 e. The van der Waals surface area contributed by atoms with Crippen LogP contribution in [0.1, 0.15) is 38.2 Å². The molecular weight excluding hydrogens is 328 g/mol. The monoisotopic (exact) mass is 346 g/mol. The molecule has 130 valence electrons. The molecule has 1 aliphatic heterocycles. The van der Waals surface area contributed by atoms with Crippen LogP contribution < -0.4 is 5.46 Å². The summed E-state index contributed by atoms with van der Waals surface area (Å²) in [6.45, 7) is 5.71. The quantitative estimate of drug-likeness (QED) is 0.618. The predicted octanol–water partition coefficient (Wildman–Crippen LogP) is 4.11. The molecule has 0 aliphatic carbocycles. The van der Waals surface area contributed by atoms with Crippen molar-refractivity contribution < 1.29 is 22.6 Å². The topological polar surface area (TPSA) is 26.3 Å². The van der Waals surface area contributed by atoms with Crippen LogP contribution >= 0.6 is 0 Å². The average molecular weight is 346 g/mol. The van der Waals surface area contributed by atoms with E-state index in [1.807, 2.05) is 19.0 Å². The van der Waals surface area contributed by atoms with Crippen molar-refractivity contribution in [1.82, 2.24) is 0 Å². The second-order valence-corrected chi connectivity index (χ2v) is 6.57. The van der Waals surface area contributed by atoms with E-state index in [9.17, 15) is 18.0 Å². The molecule has 0 amide bonds. The predicted molar refractivity (Wildman–Crippen MR) is 91.4 cm³/mol. The fourth-order valence-electron chi connectivity index (χ4n) is 3.13.